The predicted octanol–water partition coefficient (Wildman–Crippen LogP) is 6.40. The zero-order chi connectivity index (χ0) is 14.5. The summed E-state index contributed by atoms with van der Waals surface area (Å²) in [7, 11) is 0. The first-order chi connectivity index (χ1) is 8.20. The van der Waals surface area contributed by atoms with Crippen LogP contribution in [0.2, 0.25) is 0 Å². The second kappa shape index (κ2) is 7.56. The molecule has 0 aliphatic heterocycles. The highest BCUT2D eigenvalue weighted by Gasteiger charge is 2.40. The molecule has 110 valence electrons. The second-order valence-electron chi connectivity index (χ2n) is 7.50. The van der Waals surface area contributed by atoms with Crippen molar-refractivity contribution in [3.8, 4) is 0 Å². The molecule has 0 amide bonds. The Hall–Kier alpha value is 0. The van der Waals surface area contributed by atoms with Crippen LogP contribution >= 0.6 is 0 Å². The van der Waals surface area contributed by atoms with Gasteiger partial charge in [-0.05, 0) is 41.4 Å². The summed E-state index contributed by atoms with van der Waals surface area (Å²) in [5.41, 5.74) is 0.501. The van der Waals surface area contributed by atoms with Crippen molar-refractivity contribution in [1.29, 1.82) is 0 Å². The lowest BCUT2D eigenvalue weighted by molar-refractivity contribution is 0.0290. The lowest BCUT2D eigenvalue weighted by atomic mass is 9.59. The van der Waals surface area contributed by atoms with Gasteiger partial charge in [-0.25, -0.2) is 0 Å². The van der Waals surface area contributed by atoms with Crippen LogP contribution in [0, 0.1) is 35.0 Å². The fourth-order valence-corrected chi connectivity index (χ4v) is 3.81. The van der Waals surface area contributed by atoms with Gasteiger partial charge in [0.1, 0.15) is 0 Å². The summed E-state index contributed by atoms with van der Waals surface area (Å²) >= 11 is 0. The van der Waals surface area contributed by atoms with Crippen LogP contribution in [0.15, 0.2) is 0 Å². The Labute approximate surface area is 117 Å². The van der Waals surface area contributed by atoms with Crippen molar-refractivity contribution >= 4 is 0 Å². The van der Waals surface area contributed by atoms with Crippen molar-refractivity contribution < 1.29 is 0 Å². The molecule has 0 aromatic rings. The van der Waals surface area contributed by atoms with E-state index in [9.17, 15) is 0 Å². The Bertz CT molecular complexity index is 216. The topological polar surface area (TPSA) is 0 Å². The maximum Gasteiger partial charge on any atom is -0.0267 e. The fourth-order valence-electron chi connectivity index (χ4n) is 3.81. The van der Waals surface area contributed by atoms with Crippen molar-refractivity contribution in [2.24, 2.45) is 35.0 Å². The largest absolute Gasteiger partial charge is 0.0651 e. The van der Waals surface area contributed by atoms with Crippen molar-refractivity contribution in [1.82, 2.24) is 0 Å². The minimum Gasteiger partial charge on any atom is -0.0651 e. The Morgan fingerprint density at radius 2 is 1.28 bits per heavy atom. The molecular formula is C18H38. The Morgan fingerprint density at radius 1 is 0.778 bits per heavy atom. The molecule has 0 aliphatic carbocycles. The van der Waals surface area contributed by atoms with Crippen molar-refractivity contribution in [2.45, 2.75) is 81.6 Å². The Morgan fingerprint density at radius 3 is 1.56 bits per heavy atom. The molecule has 18 heavy (non-hydrogen) atoms. The summed E-state index contributed by atoms with van der Waals surface area (Å²) in [6, 6.07) is 0. The van der Waals surface area contributed by atoms with E-state index in [1.165, 1.54) is 19.3 Å². The standard InChI is InChI=1S/C18H38/c1-10-16(8)18(9,12-15(7)13(3)4)17(11-2)14(5)6/h13-17H,10-12H2,1-9H3. The van der Waals surface area contributed by atoms with Gasteiger partial charge in [-0.2, -0.15) is 0 Å². The molecule has 0 aromatic heterocycles. The molecule has 4 unspecified atom stereocenters. The monoisotopic (exact) mass is 254 g/mol. The van der Waals surface area contributed by atoms with Crippen LogP contribution in [0.4, 0.5) is 0 Å². The number of rotatable bonds is 8. The molecular weight excluding hydrogens is 216 g/mol. The SMILES string of the molecule is CCC(C)C(C)(CC(C)C(C)C)C(CC)C(C)C. The summed E-state index contributed by atoms with van der Waals surface area (Å²) in [4.78, 5) is 0. The van der Waals surface area contributed by atoms with E-state index in [1.807, 2.05) is 0 Å². The van der Waals surface area contributed by atoms with Crippen molar-refractivity contribution in [3.05, 3.63) is 0 Å². The molecule has 0 spiro atoms. The molecule has 0 heterocycles. The van der Waals surface area contributed by atoms with Gasteiger partial charge in [0.25, 0.3) is 0 Å². The van der Waals surface area contributed by atoms with Gasteiger partial charge < -0.3 is 0 Å². The Kier molecular flexibility index (Phi) is 7.56. The average Bonchev–Trinajstić information content (AvgIpc) is 2.27. The van der Waals surface area contributed by atoms with E-state index < -0.39 is 0 Å². The van der Waals surface area contributed by atoms with Crippen LogP contribution in [-0.4, -0.2) is 0 Å². The molecule has 0 nitrogen and oxygen atoms in total. The molecule has 0 saturated heterocycles. The van der Waals surface area contributed by atoms with Crippen molar-refractivity contribution in [3.63, 3.8) is 0 Å². The van der Waals surface area contributed by atoms with Gasteiger partial charge in [0.05, 0.1) is 0 Å². The number of hydrogen-bond donors (Lipinski definition) is 0. The van der Waals surface area contributed by atoms with E-state index in [0.717, 1.165) is 29.6 Å². The minimum atomic E-state index is 0.501. The van der Waals surface area contributed by atoms with E-state index in [4.69, 9.17) is 0 Å². The predicted molar refractivity (Wildman–Crippen MR) is 84.8 cm³/mol. The summed E-state index contributed by atoms with van der Waals surface area (Å²) in [6.07, 6.45) is 4.02. The lowest BCUT2D eigenvalue weighted by Gasteiger charge is -2.46. The highest BCUT2D eigenvalue weighted by atomic mass is 14.4. The summed E-state index contributed by atoms with van der Waals surface area (Å²) in [6.45, 7) is 21.8. The van der Waals surface area contributed by atoms with E-state index in [1.54, 1.807) is 0 Å². The first-order valence-electron chi connectivity index (χ1n) is 8.20. The summed E-state index contributed by atoms with van der Waals surface area (Å²) in [5, 5.41) is 0. The van der Waals surface area contributed by atoms with E-state index in [-0.39, 0.29) is 0 Å². The normalized spacial score (nSPS) is 20.8. The van der Waals surface area contributed by atoms with Gasteiger partial charge in [-0.3, -0.25) is 0 Å². The van der Waals surface area contributed by atoms with Gasteiger partial charge in [-0.15, -0.1) is 0 Å². The van der Waals surface area contributed by atoms with E-state index in [0.29, 0.717) is 5.41 Å². The summed E-state index contributed by atoms with van der Waals surface area (Å²) in [5.74, 6) is 4.11. The zero-order valence-corrected chi connectivity index (χ0v) is 14.5. The van der Waals surface area contributed by atoms with Crippen LogP contribution in [0.25, 0.3) is 0 Å². The summed E-state index contributed by atoms with van der Waals surface area (Å²) < 4.78 is 0. The maximum atomic E-state index is 2.56. The first kappa shape index (κ1) is 18.0. The van der Waals surface area contributed by atoms with Crippen LogP contribution in [0.1, 0.15) is 81.6 Å². The van der Waals surface area contributed by atoms with Crippen LogP contribution in [-0.2, 0) is 0 Å². The number of hydrogen-bond acceptors (Lipinski definition) is 0. The van der Waals surface area contributed by atoms with E-state index in [2.05, 4.69) is 62.3 Å². The van der Waals surface area contributed by atoms with Gasteiger partial charge in [0, 0.05) is 0 Å². The molecule has 0 aromatic carbocycles. The Balaban J connectivity index is 5.15. The highest BCUT2D eigenvalue weighted by Crippen LogP contribution is 2.48. The fraction of sp³-hybridized carbons (Fsp3) is 1.00. The molecule has 0 bridgehead atoms. The molecule has 0 aliphatic rings. The molecule has 4 atom stereocenters. The third-order valence-corrected chi connectivity index (χ3v) is 5.73. The second-order valence-corrected chi connectivity index (χ2v) is 7.50. The molecule has 0 rings (SSSR count). The maximum absolute atomic E-state index is 2.56. The molecule has 0 heteroatoms. The van der Waals surface area contributed by atoms with Crippen LogP contribution in [0.3, 0.4) is 0 Å². The molecule has 0 fully saturated rings. The molecule has 0 saturated carbocycles. The third-order valence-electron chi connectivity index (χ3n) is 5.73. The van der Waals surface area contributed by atoms with Crippen LogP contribution < -0.4 is 0 Å². The van der Waals surface area contributed by atoms with Gasteiger partial charge in [-0.1, -0.05) is 75.2 Å². The lowest BCUT2D eigenvalue weighted by Crippen LogP contribution is -2.38. The quantitative estimate of drug-likeness (QED) is 0.470. The third kappa shape index (κ3) is 4.28. The smallest absolute Gasteiger partial charge is 0.0267 e. The highest BCUT2D eigenvalue weighted by molar-refractivity contribution is 4.89. The van der Waals surface area contributed by atoms with Gasteiger partial charge in [0.15, 0.2) is 0 Å². The average molecular weight is 255 g/mol. The zero-order valence-electron chi connectivity index (χ0n) is 14.5. The van der Waals surface area contributed by atoms with E-state index >= 15 is 0 Å². The molecule has 0 radical (unpaired) electrons. The molecule has 0 N–H and O–H groups in total. The van der Waals surface area contributed by atoms with Crippen LogP contribution in [0.5, 0.6) is 0 Å². The minimum absolute atomic E-state index is 0.501. The first-order valence-corrected chi connectivity index (χ1v) is 8.20. The van der Waals surface area contributed by atoms with Gasteiger partial charge >= 0.3 is 0 Å². The van der Waals surface area contributed by atoms with Gasteiger partial charge in [0.2, 0.25) is 0 Å². The van der Waals surface area contributed by atoms with Crippen molar-refractivity contribution in [2.75, 3.05) is 0 Å².